The van der Waals surface area contributed by atoms with Gasteiger partial charge in [0.25, 0.3) is 0 Å². The van der Waals surface area contributed by atoms with Crippen LogP contribution in [0.25, 0.3) is 0 Å². The molecule has 27 heavy (non-hydrogen) atoms. The zero-order valence-corrected chi connectivity index (χ0v) is 17.1. The highest BCUT2D eigenvalue weighted by atomic mass is 31.2. The lowest BCUT2D eigenvalue weighted by molar-refractivity contribution is -0.140. The molecule has 0 unspecified atom stereocenters. The SMILES string of the molecule is Cc1ccc(CCCCCCCCCC(=O)N2CC(OP(=O)(O)O)C2)cc1. The molecule has 1 aromatic rings. The molecule has 1 aliphatic rings. The topological polar surface area (TPSA) is 87.1 Å². The number of carbonyl (C=O) groups is 1. The largest absolute Gasteiger partial charge is 0.469 e. The van der Waals surface area contributed by atoms with E-state index in [9.17, 15) is 9.36 Å². The molecule has 1 fully saturated rings. The van der Waals surface area contributed by atoms with Crippen LogP contribution in [0.15, 0.2) is 24.3 Å². The van der Waals surface area contributed by atoms with Gasteiger partial charge in [0.15, 0.2) is 0 Å². The predicted molar refractivity (Wildman–Crippen MR) is 105 cm³/mol. The van der Waals surface area contributed by atoms with Crippen LogP contribution in [0, 0.1) is 6.92 Å². The maximum absolute atomic E-state index is 11.9. The molecule has 2 N–H and O–H groups in total. The minimum Gasteiger partial charge on any atom is -0.337 e. The molecule has 152 valence electrons. The van der Waals surface area contributed by atoms with Gasteiger partial charge < -0.3 is 14.7 Å². The van der Waals surface area contributed by atoms with E-state index in [2.05, 4.69) is 35.7 Å². The molecule has 1 aromatic carbocycles. The zero-order chi connectivity index (χ0) is 19.7. The summed E-state index contributed by atoms with van der Waals surface area (Å²) in [4.78, 5) is 31.0. The molecular weight excluding hydrogens is 365 g/mol. The first-order chi connectivity index (χ1) is 12.8. The summed E-state index contributed by atoms with van der Waals surface area (Å²) in [6, 6.07) is 8.76. The van der Waals surface area contributed by atoms with Crippen LogP contribution >= 0.6 is 7.82 Å². The van der Waals surface area contributed by atoms with E-state index in [0.29, 0.717) is 6.42 Å². The van der Waals surface area contributed by atoms with Crippen LogP contribution < -0.4 is 0 Å². The van der Waals surface area contributed by atoms with Crippen LogP contribution in [0.4, 0.5) is 0 Å². The Balaban J connectivity index is 1.40. The lowest BCUT2D eigenvalue weighted by Gasteiger charge is -2.38. The van der Waals surface area contributed by atoms with Crippen LogP contribution in [0.2, 0.25) is 0 Å². The number of carbonyl (C=O) groups excluding carboxylic acids is 1. The monoisotopic (exact) mass is 397 g/mol. The number of likely N-dealkylation sites (tertiary alicyclic amines) is 1. The summed E-state index contributed by atoms with van der Waals surface area (Å²) in [5.74, 6) is 0.0543. The van der Waals surface area contributed by atoms with Crippen LogP contribution in [0.3, 0.4) is 0 Å². The van der Waals surface area contributed by atoms with E-state index in [1.54, 1.807) is 4.90 Å². The van der Waals surface area contributed by atoms with Crippen molar-refractivity contribution in [2.45, 2.75) is 70.8 Å². The Morgan fingerprint density at radius 3 is 2.19 bits per heavy atom. The summed E-state index contributed by atoms with van der Waals surface area (Å²) in [5.41, 5.74) is 2.72. The maximum atomic E-state index is 11.9. The summed E-state index contributed by atoms with van der Waals surface area (Å²) in [6.45, 7) is 2.68. The number of amides is 1. The Morgan fingerprint density at radius 2 is 1.59 bits per heavy atom. The van der Waals surface area contributed by atoms with Gasteiger partial charge >= 0.3 is 7.82 Å². The number of phosphoric acid groups is 1. The molecule has 2 rings (SSSR count). The zero-order valence-electron chi connectivity index (χ0n) is 16.2. The smallest absolute Gasteiger partial charge is 0.337 e. The third kappa shape index (κ3) is 9.02. The lowest BCUT2D eigenvalue weighted by Crippen LogP contribution is -2.54. The molecular formula is C20H32NO5P. The van der Waals surface area contributed by atoms with Gasteiger partial charge in [0, 0.05) is 19.5 Å². The molecule has 7 heteroatoms. The predicted octanol–water partition coefficient (Wildman–Crippen LogP) is 3.98. The Hall–Kier alpha value is -1.20. The Kier molecular flexibility index (Phi) is 8.97. The number of hydrogen-bond acceptors (Lipinski definition) is 3. The van der Waals surface area contributed by atoms with Crippen molar-refractivity contribution in [2.75, 3.05) is 13.1 Å². The van der Waals surface area contributed by atoms with Crippen molar-refractivity contribution in [2.24, 2.45) is 0 Å². The molecule has 0 atom stereocenters. The third-order valence-electron chi connectivity index (χ3n) is 4.96. The van der Waals surface area contributed by atoms with Crippen molar-refractivity contribution in [3.05, 3.63) is 35.4 Å². The summed E-state index contributed by atoms with van der Waals surface area (Å²) in [5, 5.41) is 0. The highest BCUT2D eigenvalue weighted by Crippen LogP contribution is 2.39. The van der Waals surface area contributed by atoms with Crippen LogP contribution in [-0.2, 0) is 20.3 Å². The summed E-state index contributed by atoms with van der Waals surface area (Å²) in [7, 11) is -4.44. The van der Waals surface area contributed by atoms with Crippen LogP contribution in [0.1, 0.15) is 62.5 Å². The van der Waals surface area contributed by atoms with Crippen LogP contribution in [-0.4, -0.2) is 39.8 Å². The number of phosphoric ester groups is 1. The molecule has 1 amide bonds. The summed E-state index contributed by atoms with van der Waals surface area (Å²) >= 11 is 0. The molecule has 0 spiro atoms. The summed E-state index contributed by atoms with van der Waals surface area (Å²) < 4.78 is 15.3. The molecule has 1 aliphatic heterocycles. The van der Waals surface area contributed by atoms with E-state index in [-0.39, 0.29) is 19.0 Å². The maximum Gasteiger partial charge on any atom is 0.469 e. The number of benzene rings is 1. The van der Waals surface area contributed by atoms with E-state index in [1.807, 2.05) is 0 Å². The van der Waals surface area contributed by atoms with Gasteiger partial charge in [-0.05, 0) is 31.7 Å². The highest BCUT2D eigenvalue weighted by molar-refractivity contribution is 7.46. The minimum absolute atomic E-state index is 0.0543. The number of rotatable bonds is 12. The molecule has 0 saturated carbocycles. The van der Waals surface area contributed by atoms with E-state index in [0.717, 1.165) is 25.7 Å². The molecule has 0 radical (unpaired) electrons. The normalized spacial score (nSPS) is 15.0. The van der Waals surface area contributed by atoms with Crippen molar-refractivity contribution in [1.29, 1.82) is 0 Å². The standard InChI is InChI=1S/C20H32NO5P/c1-17-11-13-18(14-12-17)9-7-5-3-2-4-6-8-10-20(22)21-15-19(16-21)26-27(23,24)25/h11-14,19H,2-10,15-16H2,1H3,(H2,23,24,25). The summed E-state index contributed by atoms with van der Waals surface area (Å²) in [6.07, 6.45) is 9.15. The third-order valence-corrected chi connectivity index (χ3v) is 5.54. The van der Waals surface area contributed by atoms with E-state index >= 15 is 0 Å². The van der Waals surface area contributed by atoms with Crippen molar-refractivity contribution < 1.29 is 23.7 Å². The molecule has 1 saturated heterocycles. The fourth-order valence-electron chi connectivity index (χ4n) is 3.30. The Bertz CT molecular complexity index is 622. The van der Waals surface area contributed by atoms with Crippen molar-refractivity contribution >= 4 is 13.7 Å². The second-order valence-corrected chi connectivity index (χ2v) is 8.67. The number of hydrogen-bond donors (Lipinski definition) is 2. The lowest BCUT2D eigenvalue weighted by atomic mass is 10.0. The van der Waals surface area contributed by atoms with Crippen molar-refractivity contribution in [3.63, 3.8) is 0 Å². The van der Waals surface area contributed by atoms with Crippen molar-refractivity contribution in [1.82, 2.24) is 4.90 Å². The Morgan fingerprint density at radius 1 is 1.04 bits per heavy atom. The van der Waals surface area contributed by atoms with Crippen LogP contribution in [0.5, 0.6) is 0 Å². The first-order valence-corrected chi connectivity index (χ1v) is 11.4. The quantitative estimate of drug-likeness (QED) is 0.412. The van der Waals surface area contributed by atoms with Gasteiger partial charge in [0.1, 0.15) is 6.10 Å². The van der Waals surface area contributed by atoms with Gasteiger partial charge in [0.2, 0.25) is 5.91 Å². The second kappa shape index (κ2) is 11.0. The molecule has 0 aliphatic carbocycles. The van der Waals surface area contributed by atoms with Gasteiger partial charge in [-0.2, -0.15) is 0 Å². The highest BCUT2D eigenvalue weighted by Gasteiger charge is 2.35. The van der Waals surface area contributed by atoms with Gasteiger partial charge in [-0.25, -0.2) is 4.57 Å². The fourth-order valence-corrected chi connectivity index (χ4v) is 3.83. The molecule has 0 aromatic heterocycles. The molecule has 1 heterocycles. The van der Waals surface area contributed by atoms with E-state index in [1.165, 1.54) is 36.8 Å². The average Bonchev–Trinajstić information content (AvgIpc) is 2.57. The van der Waals surface area contributed by atoms with E-state index in [4.69, 9.17) is 9.79 Å². The average molecular weight is 397 g/mol. The molecule has 6 nitrogen and oxygen atoms in total. The Labute approximate surface area is 162 Å². The first kappa shape index (κ1) is 22.1. The minimum atomic E-state index is -4.44. The van der Waals surface area contributed by atoms with Crippen molar-refractivity contribution in [3.8, 4) is 0 Å². The van der Waals surface area contributed by atoms with E-state index < -0.39 is 13.9 Å². The fraction of sp³-hybridized carbons (Fsp3) is 0.650. The number of aryl methyl sites for hydroxylation is 2. The van der Waals surface area contributed by atoms with Gasteiger partial charge in [0.05, 0.1) is 0 Å². The molecule has 0 bridgehead atoms. The first-order valence-electron chi connectivity index (χ1n) is 9.91. The van der Waals surface area contributed by atoms with Gasteiger partial charge in [-0.15, -0.1) is 0 Å². The van der Waals surface area contributed by atoms with Gasteiger partial charge in [-0.3, -0.25) is 9.32 Å². The second-order valence-electron chi connectivity index (χ2n) is 7.48. The number of unbranched alkanes of at least 4 members (excludes halogenated alkanes) is 6. The number of nitrogens with zero attached hydrogens (tertiary/aromatic N) is 1. The van der Waals surface area contributed by atoms with Gasteiger partial charge in [-0.1, -0.05) is 61.9 Å².